The van der Waals surface area contributed by atoms with Crippen molar-refractivity contribution in [3.8, 4) is 11.5 Å². The highest BCUT2D eigenvalue weighted by atomic mass is 28.4. The van der Waals surface area contributed by atoms with Gasteiger partial charge in [0.25, 0.3) is 0 Å². The predicted molar refractivity (Wildman–Crippen MR) is 83.9 cm³/mol. The first kappa shape index (κ1) is 18.0. The van der Waals surface area contributed by atoms with Crippen molar-refractivity contribution in [2.45, 2.75) is 26.8 Å². The third-order valence-corrected chi connectivity index (χ3v) is 5.99. The Morgan fingerprint density at radius 3 is 1.86 bits per heavy atom. The molecule has 0 fully saturated rings. The van der Waals surface area contributed by atoms with Gasteiger partial charge in [0.15, 0.2) is 0 Å². The summed E-state index contributed by atoms with van der Waals surface area (Å²) in [4.78, 5) is 0. The zero-order chi connectivity index (χ0) is 15.7. The van der Waals surface area contributed by atoms with Gasteiger partial charge in [0.05, 0.1) is 14.2 Å². The number of hydrogen-bond acceptors (Lipinski definition) is 5. The van der Waals surface area contributed by atoms with Crippen LogP contribution in [0.1, 0.15) is 26.3 Å². The van der Waals surface area contributed by atoms with E-state index in [9.17, 15) is 0 Å². The van der Waals surface area contributed by atoms with Gasteiger partial charge in [0.1, 0.15) is 11.5 Å². The molecule has 1 aromatic carbocycles. The maximum atomic E-state index is 5.89. The van der Waals surface area contributed by atoms with Gasteiger partial charge in [-0.3, -0.25) is 0 Å². The molecule has 0 atom stereocenters. The van der Waals surface area contributed by atoms with Crippen LogP contribution in [-0.4, -0.2) is 42.8 Å². The van der Waals surface area contributed by atoms with E-state index in [2.05, 4.69) is 0 Å². The Kier molecular flexibility index (Phi) is 7.74. The van der Waals surface area contributed by atoms with Gasteiger partial charge in [0, 0.05) is 31.4 Å². The Hall–Kier alpha value is -1.08. The number of hydrogen-bond donors (Lipinski definition) is 0. The Morgan fingerprint density at radius 2 is 1.43 bits per heavy atom. The molecule has 6 heteroatoms. The quantitative estimate of drug-likeness (QED) is 0.621. The van der Waals surface area contributed by atoms with E-state index < -0.39 is 8.80 Å². The second-order valence-electron chi connectivity index (χ2n) is 4.34. The van der Waals surface area contributed by atoms with Gasteiger partial charge in [0.2, 0.25) is 0 Å². The normalized spacial score (nSPS) is 11.5. The summed E-state index contributed by atoms with van der Waals surface area (Å²) in [5.74, 6) is 1.56. The van der Waals surface area contributed by atoms with E-state index in [0.29, 0.717) is 25.9 Å². The number of ether oxygens (including phenoxy) is 2. The Morgan fingerprint density at radius 1 is 0.857 bits per heavy atom. The molecule has 0 aliphatic rings. The average Bonchev–Trinajstić information content (AvgIpc) is 2.48. The SMILES string of the molecule is CCO[Si](Cc1cc(OC)ccc1OC)(OCC)OCC. The van der Waals surface area contributed by atoms with Gasteiger partial charge in [-0.05, 0) is 39.0 Å². The lowest BCUT2D eigenvalue weighted by molar-refractivity contribution is 0.0702. The van der Waals surface area contributed by atoms with E-state index >= 15 is 0 Å². The van der Waals surface area contributed by atoms with Gasteiger partial charge in [-0.2, -0.15) is 0 Å². The van der Waals surface area contributed by atoms with Gasteiger partial charge >= 0.3 is 8.80 Å². The van der Waals surface area contributed by atoms with Crippen molar-refractivity contribution in [2.24, 2.45) is 0 Å². The summed E-state index contributed by atoms with van der Waals surface area (Å²) in [5, 5.41) is 0. The first-order valence-corrected chi connectivity index (χ1v) is 9.20. The third kappa shape index (κ3) is 5.00. The smallest absolute Gasteiger partial charge is 0.497 e. The Balaban J connectivity index is 3.10. The molecule has 0 saturated heterocycles. The lowest BCUT2D eigenvalue weighted by atomic mass is 10.2. The van der Waals surface area contributed by atoms with Crippen LogP contribution in [0, 0.1) is 0 Å². The van der Waals surface area contributed by atoms with Crippen molar-refractivity contribution >= 4 is 8.80 Å². The van der Waals surface area contributed by atoms with E-state index in [-0.39, 0.29) is 0 Å². The van der Waals surface area contributed by atoms with Gasteiger partial charge in [-0.15, -0.1) is 0 Å². The van der Waals surface area contributed by atoms with Crippen LogP contribution in [0.3, 0.4) is 0 Å². The summed E-state index contributed by atoms with van der Waals surface area (Å²) in [6.45, 7) is 7.50. The lowest BCUT2D eigenvalue weighted by Crippen LogP contribution is -2.48. The van der Waals surface area contributed by atoms with Crippen LogP contribution in [0.5, 0.6) is 11.5 Å². The summed E-state index contributed by atoms with van der Waals surface area (Å²) in [6, 6.07) is 6.26. The first-order chi connectivity index (χ1) is 10.1. The number of benzene rings is 1. The largest absolute Gasteiger partial charge is 0.505 e. The highest BCUT2D eigenvalue weighted by molar-refractivity contribution is 6.60. The molecule has 0 unspecified atom stereocenters. The zero-order valence-electron chi connectivity index (χ0n) is 13.6. The number of rotatable bonds is 10. The molecular weight excluding hydrogens is 288 g/mol. The maximum absolute atomic E-state index is 5.89. The minimum absolute atomic E-state index is 0.554. The molecule has 0 aromatic heterocycles. The molecule has 0 aliphatic carbocycles. The highest BCUT2D eigenvalue weighted by Crippen LogP contribution is 2.28. The van der Waals surface area contributed by atoms with E-state index in [4.69, 9.17) is 22.8 Å². The van der Waals surface area contributed by atoms with Crippen LogP contribution >= 0.6 is 0 Å². The summed E-state index contributed by atoms with van der Waals surface area (Å²) >= 11 is 0. The van der Waals surface area contributed by atoms with Crippen LogP contribution < -0.4 is 9.47 Å². The maximum Gasteiger partial charge on any atom is 0.505 e. The fourth-order valence-electron chi connectivity index (χ4n) is 2.19. The van der Waals surface area contributed by atoms with Crippen LogP contribution in [-0.2, 0) is 19.3 Å². The second kappa shape index (κ2) is 9.04. The lowest BCUT2D eigenvalue weighted by Gasteiger charge is -2.29. The Bertz CT molecular complexity index is 408. The molecule has 0 radical (unpaired) electrons. The molecule has 0 saturated carbocycles. The minimum atomic E-state index is -2.76. The summed E-state index contributed by atoms with van der Waals surface area (Å²) < 4.78 is 28.4. The monoisotopic (exact) mass is 314 g/mol. The van der Waals surface area contributed by atoms with E-state index in [1.165, 1.54) is 0 Å². The molecule has 0 heterocycles. The van der Waals surface area contributed by atoms with Crippen molar-refractivity contribution in [1.29, 1.82) is 0 Å². The van der Waals surface area contributed by atoms with Crippen molar-refractivity contribution in [2.75, 3.05) is 34.0 Å². The Labute approximate surface area is 128 Å². The van der Waals surface area contributed by atoms with Crippen LogP contribution in [0.4, 0.5) is 0 Å². The van der Waals surface area contributed by atoms with Crippen LogP contribution in [0.15, 0.2) is 18.2 Å². The summed E-state index contributed by atoms with van der Waals surface area (Å²) in [5.41, 5.74) is 0.971. The van der Waals surface area contributed by atoms with E-state index in [0.717, 1.165) is 17.1 Å². The number of methoxy groups -OCH3 is 2. The molecule has 21 heavy (non-hydrogen) atoms. The van der Waals surface area contributed by atoms with Crippen LogP contribution in [0.2, 0.25) is 0 Å². The molecule has 0 amide bonds. The van der Waals surface area contributed by atoms with Crippen molar-refractivity contribution in [1.82, 2.24) is 0 Å². The summed E-state index contributed by atoms with van der Waals surface area (Å²) in [7, 11) is 0.537. The standard InChI is InChI=1S/C15H26O5Si/c1-6-18-21(19-7-2,20-8-3)12-13-11-14(16-4)9-10-15(13)17-5/h9-11H,6-8,12H2,1-5H3. The molecule has 1 aromatic rings. The van der Waals surface area contributed by atoms with Crippen molar-refractivity contribution < 1.29 is 22.8 Å². The molecule has 0 spiro atoms. The van der Waals surface area contributed by atoms with Crippen molar-refractivity contribution in [3.63, 3.8) is 0 Å². The van der Waals surface area contributed by atoms with Gasteiger partial charge in [-0.1, -0.05) is 0 Å². The van der Waals surface area contributed by atoms with E-state index in [1.807, 2.05) is 39.0 Å². The minimum Gasteiger partial charge on any atom is -0.497 e. The molecular formula is C15H26O5Si. The topological polar surface area (TPSA) is 46.2 Å². The first-order valence-electron chi connectivity index (χ1n) is 7.27. The van der Waals surface area contributed by atoms with Crippen molar-refractivity contribution in [3.05, 3.63) is 23.8 Å². The average molecular weight is 314 g/mol. The fraction of sp³-hybridized carbons (Fsp3) is 0.600. The highest BCUT2D eigenvalue weighted by Gasteiger charge is 2.41. The summed E-state index contributed by atoms with van der Waals surface area (Å²) in [6.07, 6.45) is 0. The molecule has 1 rings (SSSR count). The van der Waals surface area contributed by atoms with Gasteiger partial charge in [-0.25, -0.2) is 0 Å². The zero-order valence-corrected chi connectivity index (χ0v) is 14.6. The van der Waals surface area contributed by atoms with E-state index in [1.54, 1.807) is 14.2 Å². The third-order valence-electron chi connectivity index (χ3n) is 2.99. The molecule has 0 aliphatic heterocycles. The fourth-order valence-corrected chi connectivity index (χ4v) is 4.81. The molecule has 5 nitrogen and oxygen atoms in total. The molecule has 0 bridgehead atoms. The second-order valence-corrected chi connectivity index (χ2v) is 6.92. The molecule has 120 valence electrons. The van der Waals surface area contributed by atoms with Crippen LogP contribution in [0.25, 0.3) is 0 Å². The predicted octanol–water partition coefficient (Wildman–Crippen LogP) is 2.83. The van der Waals surface area contributed by atoms with Gasteiger partial charge < -0.3 is 22.8 Å². The molecule has 0 N–H and O–H groups in total.